The molecule has 1 aliphatic rings. The lowest BCUT2D eigenvalue weighted by atomic mass is 9.82. The number of carbonyl (C=O) groups is 2. The number of hydrogen-bond acceptors (Lipinski definition) is 9. The number of primary sulfonamides is 1. The summed E-state index contributed by atoms with van der Waals surface area (Å²) in [5.41, 5.74) is 2.23. The van der Waals surface area contributed by atoms with Gasteiger partial charge >= 0.3 is 23.8 Å². The second-order valence-corrected chi connectivity index (χ2v) is 9.83. The van der Waals surface area contributed by atoms with Gasteiger partial charge in [-0.05, 0) is 73.6 Å². The SMILES string of the molecule is CC(=O)OC1CCC(c2ccc(NC(=O)c3nnc(Nc4ccc(S(N)(=O)=O)cc4)o3)cc2)CC1. The Kier molecular flexibility index (Phi) is 7.12. The van der Waals surface area contributed by atoms with Gasteiger partial charge in [0.2, 0.25) is 10.0 Å². The minimum Gasteiger partial charge on any atom is -0.463 e. The molecular formula is C23H25N5O6S. The number of esters is 1. The van der Waals surface area contributed by atoms with Crippen molar-refractivity contribution in [3.63, 3.8) is 0 Å². The Morgan fingerprint density at radius 3 is 2.20 bits per heavy atom. The fourth-order valence-electron chi connectivity index (χ4n) is 3.99. The van der Waals surface area contributed by atoms with E-state index in [1.165, 1.54) is 36.8 Å². The number of amides is 1. The van der Waals surface area contributed by atoms with Gasteiger partial charge in [0.1, 0.15) is 6.10 Å². The Hall–Kier alpha value is -3.77. The van der Waals surface area contributed by atoms with Crippen LogP contribution in [0.25, 0.3) is 0 Å². The summed E-state index contributed by atoms with van der Waals surface area (Å²) in [4.78, 5) is 23.6. The molecule has 1 aromatic heterocycles. The zero-order valence-electron chi connectivity index (χ0n) is 18.9. The molecule has 1 saturated carbocycles. The number of benzene rings is 2. The van der Waals surface area contributed by atoms with E-state index < -0.39 is 15.9 Å². The molecule has 0 spiro atoms. The topological polar surface area (TPSA) is 167 Å². The fourth-order valence-corrected chi connectivity index (χ4v) is 4.50. The third kappa shape index (κ3) is 6.43. The van der Waals surface area contributed by atoms with E-state index in [-0.39, 0.29) is 28.9 Å². The number of hydrogen-bond donors (Lipinski definition) is 3. The van der Waals surface area contributed by atoms with Crippen molar-refractivity contribution in [2.45, 2.75) is 49.5 Å². The molecule has 184 valence electrons. The summed E-state index contributed by atoms with van der Waals surface area (Å²) in [5, 5.41) is 18.1. The van der Waals surface area contributed by atoms with Crippen LogP contribution in [0.2, 0.25) is 0 Å². The monoisotopic (exact) mass is 499 g/mol. The summed E-state index contributed by atoms with van der Waals surface area (Å²) in [6.07, 6.45) is 3.55. The molecule has 0 atom stereocenters. The number of carbonyl (C=O) groups excluding carboxylic acids is 2. The van der Waals surface area contributed by atoms with Crippen molar-refractivity contribution in [3.05, 3.63) is 60.0 Å². The van der Waals surface area contributed by atoms with Crippen LogP contribution in [-0.2, 0) is 19.6 Å². The minimum absolute atomic E-state index is 0.00227. The standard InChI is InChI=1S/C23H25N5O6S/c1-14(29)33-19-10-4-16(5-11-19)15-2-6-17(7-3-15)25-21(30)22-27-28-23(34-22)26-18-8-12-20(13-9-18)35(24,31)32/h2-3,6-9,12-13,16,19H,4-5,10-11H2,1H3,(H,25,30)(H,26,28)(H2,24,31,32). The molecule has 12 heteroatoms. The van der Waals surface area contributed by atoms with Crippen LogP contribution in [0, 0.1) is 0 Å². The van der Waals surface area contributed by atoms with Crippen molar-refractivity contribution >= 4 is 39.3 Å². The molecule has 4 N–H and O–H groups in total. The van der Waals surface area contributed by atoms with Crippen LogP contribution in [0.5, 0.6) is 0 Å². The Balaban J connectivity index is 1.31. The maximum Gasteiger partial charge on any atom is 0.320 e. The van der Waals surface area contributed by atoms with Gasteiger partial charge < -0.3 is 19.8 Å². The lowest BCUT2D eigenvalue weighted by Gasteiger charge is -2.28. The Labute approximate surface area is 202 Å². The van der Waals surface area contributed by atoms with E-state index in [2.05, 4.69) is 20.8 Å². The van der Waals surface area contributed by atoms with Crippen molar-refractivity contribution in [3.8, 4) is 0 Å². The fraction of sp³-hybridized carbons (Fsp3) is 0.304. The maximum absolute atomic E-state index is 12.5. The predicted octanol–water partition coefficient (Wildman–Crippen LogP) is 3.30. The van der Waals surface area contributed by atoms with Crippen LogP contribution in [0.15, 0.2) is 57.8 Å². The smallest absolute Gasteiger partial charge is 0.320 e. The predicted molar refractivity (Wildman–Crippen MR) is 127 cm³/mol. The van der Waals surface area contributed by atoms with Crippen LogP contribution in [0.1, 0.15) is 54.8 Å². The minimum atomic E-state index is -3.79. The molecular weight excluding hydrogens is 474 g/mol. The Bertz CT molecular complexity index is 1300. The molecule has 4 rings (SSSR count). The molecule has 3 aromatic rings. The summed E-state index contributed by atoms with van der Waals surface area (Å²) < 4.78 is 33.3. The highest BCUT2D eigenvalue weighted by atomic mass is 32.2. The first-order valence-electron chi connectivity index (χ1n) is 11.0. The molecule has 2 aromatic carbocycles. The van der Waals surface area contributed by atoms with Crippen LogP contribution in [0.3, 0.4) is 0 Å². The van der Waals surface area contributed by atoms with E-state index in [4.69, 9.17) is 14.3 Å². The normalized spacial score (nSPS) is 18.0. The van der Waals surface area contributed by atoms with Crippen LogP contribution >= 0.6 is 0 Å². The van der Waals surface area contributed by atoms with Gasteiger partial charge in [-0.2, -0.15) is 0 Å². The van der Waals surface area contributed by atoms with Gasteiger partial charge in [0.25, 0.3) is 0 Å². The van der Waals surface area contributed by atoms with Gasteiger partial charge in [0, 0.05) is 18.3 Å². The lowest BCUT2D eigenvalue weighted by molar-refractivity contribution is -0.147. The summed E-state index contributed by atoms with van der Waals surface area (Å²) in [6, 6.07) is 13.2. The zero-order chi connectivity index (χ0) is 25.0. The second-order valence-electron chi connectivity index (χ2n) is 8.27. The number of ether oxygens (including phenoxy) is 1. The van der Waals surface area contributed by atoms with Crippen molar-refractivity contribution < 1.29 is 27.2 Å². The maximum atomic E-state index is 12.5. The largest absolute Gasteiger partial charge is 0.463 e. The highest BCUT2D eigenvalue weighted by Crippen LogP contribution is 2.34. The van der Waals surface area contributed by atoms with E-state index in [0.29, 0.717) is 17.3 Å². The Morgan fingerprint density at radius 2 is 1.60 bits per heavy atom. The first kappa shape index (κ1) is 24.4. The van der Waals surface area contributed by atoms with E-state index in [1.807, 2.05) is 24.3 Å². The van der Waals surface area contributed by atoms with Crippen LogP contribution in [0.4, 0.5) is 17.4 Å². The summed E-state index contributed by atoms with van der Waals surface area (Å²) in [5.74, 6) is -0.655. The average Bonchev–Trinajstić information content (AvgIpc) is 3.28. The summed E-state index contributed by atoms with van der Waals surface area (Å²) >= 11 is 0. The van der Waals surface area contributed by atoms with Crippen LogP contribution in [-0.4, -0.2) is 36.6 Å². The van der Waals surface area contributed by atoms with Crippen molar-refractivity contribution in [1.29, 1.82) is 0 Å². The molecule has 0 saturated heterocycles. The third-order valence-corrected chi connectivity index (χ3v) is 6.63. The highest BCUT2D eigenvalue weighted by Gasteiger charge is 2.24. The van der Waals surface area contributed by atoms with Gasteiger partial charge in [0.15, 0.2) is 0 Å². The number of aromatic nitrogens is 2. The lowest BCUT2D eigenvalue weighted by Crippen LogP contribution is -2.22. The molecule has 1 amide bonds. The van der Waals surface area contributed by atoms with Gasteiger partial charge in [-0.25, -0.2) is 13.6 Å². The highest BCUT2D eigenvalue weighted by molar-refractivity contribution is 7.89. The Morgan fingerprint density at radius 1 is 0.971 bits per heavy atom. The second kappa shape index (κ2) is 10.2. The first-order chi connectivity index (χ1) is 16.7. The number of nitrogens with two attached hydrogens (primary N) is 1. The first-order valence-corrected chi connectivity index (χ1v) is 12.5. The molecule has 35 heavy (non-hydrogen) atoms. The average molecular weight is 500 g/mol. The van der Waals surface area contributed by atoms with Crippen molar-refractivity contribution in [2.24, 2.45) is 5.14 Å². The number of sulfonamides is 1. The van der Waals surface area contributed by atoms with Crippen molar-refractivity contribution in [1.82, 2.24) is 10.2 Å². The third-order valence-electron chi connectivity index (χ3n) is 5.70. The molecule has 0 unspecified atom stereocenters. The van der Waals surface area contributed by atoms with Gasteiger partial charge in [0.05, 0.1) is 4.90 Å². The molecule has 1 fully saturated rings. The number of rotatable bonds is 7. The molecule has 0 radical (unpaired) electrons. The molecule has 11 nitrogen and oxygen atoms in total. The van der Waals surface area contributed by atoms with E-state index in [1.54, 1.807) is 0 Å². The summed E-state index contributed by atoms with van der Waals surface area (Å²) in [6.45, 7) is 1.43. The van der Waals surface area contributed by atoms with E-state index in [0.717, 1.165) is 25.7 Å². The van der Waals surface area contributed by atoms with E-state index >= 15 is 0 Å². The van der Waals surface area contributed by atoms with Crippen LogP contribution < -0.4 is 15.8 Å². The molecule has 0 aliphatic heterocycles. The molecule has 1 heterocycles. The van der Waals surface area contributed by atoms with Crippen molar-refractivity contribution in [2.75, 3.05) is 10.6 Å². The van der Waals surface area contributed by atoms with Gasteiger partial charge in [-0.1, -0.05) is 17.2 Å². The number of nitrogens with zero attached hydrogens (tertiary/aromatic N) is 2. The number of anilines is 3. The van der Waals surface area contributed by atoms with Gasteiger partial charge in [-0.3, -0.25) is 9.59 Å². The number of nitrogens with one attached hydrogen (secondary N) is 2. The van der Waals surface area contributed by atoms with Gasteiger partial charge in [-0.15, -0.1) is 5.10 Å². The molecule has 0 bridgehead atoms. The summed E-state index contributed by atoms with van der Waals surface area (Å²) in [7, 11) is -3.79. The molecule has 1 aliphatic carbocycles. The van der Waals surface area contributed by atoms with E-state index in [9.17, 15) is 18.0 Å². The zero-order valence-corrected chi connectivity index (χ0v) is 19.7. The quantitative estimate of drug-likeness (QED) is 0.413.